The quantitative estimate of drug-likeness (QED) is 0.640. The van der Waals surface area contributed by atoms with Gasteiger partial charge in [-0.2, -0.15) is 5.10 Å². The number of rotatable bonds is 4. The van der Waals surface area contributed by atoms with Crippen LogP contribution in [0.25, 0.3) is 11.1 Å². The molecule has 1 aliphatic heterocycles. The van der Waals surface area contributed by atoms with E-state index in [1.54, 1.807) is 23.2 Å². The van der Waals surface area contributed by atoms with Crippen molar-refractivity contribution in [2.75, 3.05) is 32.1 Å². The van der Waals surface area contributed by atoms with Crippen LogP contribution in [0.1, 0.15) is 28.5 Å². The average Bonchev–Trinajstić information content (AvgIpc) is 3.25. The third-order valence-corrected chi connectivity index (χ3v) is 5.40. The fraction of sp³-hybridized carbons (Fsp3) is 0.318. The van der Waals surface area contributed by atoms with Gasteiger partial charge in [-0.3, -0.25) is 9.59 Å². The molecule has 1 atom stereocenters. The Morgan fingerprint density at radius 2 is 1.90 bits per heavy atom. The van der Waals surface area contributed by atoms with E-state index in [-0.39, 0.29) is 28.9 Å². The summed E-state index contributed by atoms with van der Waals surface area (Å²) in [5, 5.41) is 4.07. The summed E-state index contributed by atoms with van der Waals surface area (Å²) in [4.78, 5) is 37.2. The largest absolute Gasteiger partial charge is 0.347 e. The van der Waals surface area contributed by atoms with Crippen molar-refractivity contribution in [3.8, 4) is 11.1 Å². The van der Waals surface area contributed by atoms with Crippen LogP contribution in [-0.4, -0.2) is 57.7 Å². The predicted molar refractivity (Wildman–Crippen MR) is 114 cm³/mol. The third-order valence-electron chi connectivity index (χ3n) is 5.40. The molecule has 4 rings (SSSR count). The van der Waals surface area contributed by atoms with Gasteiger partial charge in [0.05, 0.1) is 5.69 Å². The zero-order chi connectivity index (χ0) is 22.1. The van der Waals surface area contributed by atoms with Crippen LogP contribution in [-0.2, 0) is 7.05 Å². The van der Waals surface area contributed by atoms with Crippen molar-refractivity contribution >= 4 is 11.9 Å². The molecule has 3 aromatic rings. The maximum Gasteiger partial charge on any atom is 0.274 e. The van der Waals surface area contributed by atoms with Crippen molar-refractivity contribution in [1.29, 1.82) is 0 Å². The SMILES string of the molecule is CN(C)c1ncc(-c2ccc(F)cc2)c(C2CCN(C(=O)c3ccc(=O)n(C)n3)C2)n1. The van der Waals surface area contributed by atoms with E-state index in [1.165, 1.54) is 31.3 Å². The summed E-state index contributed by atoms with van der Waals surface area (Å²) in [6, 6.07) is 9.03. The molecular formula is C22H23FN6O2. The molecule has 0 spiro atoms. The number of anilines is 1. The van der Waals surface area contributed by atoms with Crippen molar-refractivity contribution in [1.82, 2.24) is 24.6 Å². The minimum Gasteiger partial charge on any atom is -0.347 e. The predicted octanol–water partition coefficient (Wildman–Crippen LogP) is 2.07. The van der Waals surface area contributed by atoms with Crippen molar-refractivity contribution in [2.24, 2.45) is 7.05 Å². The molecule has 3 heterocycles. The lowest BCUT2D eigenvalue weighted by molar-refractivity contribution is 0.0782. The molecule has 2 aromatic heterocycles. The number of amides is 1. The Morgan fingerprint density at radius 1 is 1.16 bits per heavy atom. The Morgan fingerprint density at radius 3 is 2.58 bits per heavy atom. The highest BCUT2D eigenvalue weighted by molar-refractivity contribution is 5.92. The van der Waals surface area contributed by atoms with E-state index in [1.807, 2.05) is 19.0 Å². The molecule has 160 valence electrons. The summed E-state index contributed by atoms with van der Waals surface area (Å²) in [6.07, 6.45) is 2.49. The van der Waals surface area contributed by atoms with Crippen molar-refractivity contribution in [2.45, 2.75) is 12.3 Å². The molecule has 0 aliphatic carbocycles. The Bertz CT molecular complexity index is 1180. The first-order valence-electron chi connectivity index (χ1n) is 9.97. The molecule has 1 saturated heterocycles. The van der Waals surface area contributed by atoms with Gasteiger partial charge in [0.15, 0.2) is 0 Å². The van der Waals surface area contributed by atoms with E-state index in [4.69, 9.17) is 4.98 Å². The van der Waals surface area contributed by atoms with Crippen molar-refractivity contribution in [3.05, 3.63) is 70.2 Å². The lowest BCUT2D eigenvalue weighted by Gasteiger charge is -2.19. The molecule has 1 unspecified atom stereocenters. The summed E-state index contributed by atoms with van der Waals surface area (Å²) in [6.45, 7) is 1.03. The molecule has 8 nitrogen and oxygen atoms in total. The molecule has 0 bridgehead atoms. The fourth-order valence-electron chi connectivity index (χ4n) is 3.71. The molecule has 1 fully saturated rings. The minimum atomic E-state index is -0.307. The van der Waals surface area contributed by atoms with Crippen LogP contribution in [0.5, 0.6) is 0 Å². The highest BCUT2D eigenvalue weighted by Gasteiger charge is 2.31. The number of hydrogen-bond donors (Lipinski definition) is 0. The van der Waals surface area contributed by atoms with Crippen LogP contribution >= 0.6 is 0 Å². The Kier molecular flexibility index (Phi) is 5.50. The second-order valence-corrected chi connectivity index (χ2v) is 7.79. The second kappa shape index (κ2) is 8.25. The summed E-state index contributed by atoms with van der Waals surface area (Å²) < 4.78 is 14.6. The van der Waals surface area contributed by atoms with Gasteiger partial charge >= 0.3 is 0 Å². The Hall–Kier alpha value is -3.62. The smallest absolute Gasteiger partial charge is 0.274 e. The van der Waals surface area contributed by atoms with Crippen LogP contribution in [0, 0.1) is 5.82 Å². The van der Waals surface area contributed by atoms with Crippen LogP contribution in [0.2, 0.25) is 0 Å². The highest BCUT2D eigenvalue weighted by atomic mass is 19.1. The standard InChI is InChI=1S/C22H23FN6O2/c1-27(2)22-24-12-17(14-4-6-16(23)7-5-14)20(25-22)15-10-11-29(13-15)21(31)18-8-9-19(30)28(3)26-18/h4-9,12,15H,10-11,13H2,1-3H3. The normalized spacial score (nSPS) is 15.9. The van der Waals surface area contributed by atoms with E-state index in [0.29, 0.717) is 19.0 Å². The van der Waals surface area contributed by atoms with Gasteiger partial charge < -0.3 is 9.80 Å². The first kappa shape index (κ1) is 20.6. The summed E-state index contributed by atoms with van der Waals surface area (Å²) in [5.74, 6) is 0.0467. The maximum absolute atomic E-state index is 13.4. The molecule has 31 heavy (non-hydrogen) atoms. The Balaban J connectivity index is 1.65. The van der Waals surface area contributed by atoms with E-state index in [9.17, 15) is 14.0 Å². The number of likely N-dealkylation sites (tertiary alicyclic amines) is 1. The fourth-order valence-corrected chi connectivity index (χ4v) is 3.71. The summed E-state index contributed by atoms with van der Waals surface area (Å²) >= 11 is 0. The highest BCUT2D eigenvalue weighted by Crippen LogP contribution is 2.34. The summed E-state index contributed by atoms with van der Waals surface area (Å²) in [7, 11) is 5.25. The number of hydrogen-bond acceptors (Lipinski definition) is 6. The van der Waals surface area contributed by atoms with Crippen LogP contribution in [0.4, 0.5) is 10.3 Å². The first-order chi connectivity index (χ1) is 14.8. The van der Waals surface area contributed by atoms with Gasteiger partial charge in [0.25, 0.3) is 11.5 Å². The first-order valence-corrected chi connectivity index (χ1v) is 9.97. The molecule has 0 saturated carbocycles. The molecule has 0 N–H and O–H groups in total. The van der Waals surface area contributed by atoms with E-state index in [2.05, 4.69) is 10.1 Å². The van der Waals surface area contributed by atoms with Crippen molar-refractivity contribution < 1.29 is 9.18 Å². The van der Waals surface area contributed by atoms with Crippen molar-refractivity contribution in [3.63, 3.8) is 0 Å². The summed E-state index contributed by atoms with van der Waals surface area (Å²) in [5.41, 5.74) is 2.44. The molecule has 9 heteroatoms. The Labute approximate surface area is 179 Å². The zero-order valence-corrected chi connectivity index (χ0v) is 17.6. The van der Waals surface area contributed by atoms with Gasteiger partial charge in [0.1, 0.15) is 11.5 Å². The average molecular weight is 422 g/mol. The molecule has 0 radical (unpaired) electrons. The van der Waals surface area contributed by atoms with E-state index >= 15 is 0 Å². The van der Waals surface area contributed by atoms with Gasteiger partial charge in [-0.25, -0.2) is 19.0 Å². The van der Waals surface area contributed by atoms with Gasteiger partial charge in [-0.1, -0.05) is 12.1 Å². The molecule has 1 aromatic carbocycles. The number of benzene rings is 1. The van der Waals surface area contributed by atoms with Gasteiger partial charge in [-0.05, 0) is 30.2 Å². The van der Waals surface area contributed by atoms with Crippen LogP contribution in [0.15, 0.2) is 47.4 Å². The van der Waals surface area contributed by atoms with E-state index < -0.39 is 0 Å². The van der Waals surface area contributed by atoms with E-state index in [0.717, 1.165) is 27.9 Å². The maximum atomic E-state index is 13.4. The number of carbonyl (C=O) groups excluding carboxylic acids is 1. The van der Waals surface area contributed by atoms with Crippen LogP contribution < -0.4 is 10.5 Å². The van der Waals surface area contributed by atoms with Gasteiger partial charge in [0.2, 0.25) is 5.95 Å². The topological polar surface area (TPSA) is 84.2 Å². The third kappa shape index (κ3) is 4.16. The zero-order valence-electron chi connectivity index (χ0n) is 17.6. The lowest BCUT2D eigenvalue weighted by atomic mass is 9.96. The molecule has 1 amide bonds. The number of halogens is 1. The number of aryl methyl sites for hydroxylation is 1. The monoisotopic (exact) mass is 422 g/mol. The van der Waals surface area contributed by atoms with Gasteiger partial charge in [0, 0.05) is 58.0 Å². The second-order valence-electron chi connectivity index (χ2n) is 7.79. The molecular weight excluding hydrogens is 399 g/mol. The lowest BCUT2D eigenvalue weighted by Crippen LogP contribution is -2.31. The van der Waals surface area contributed by atoms with Gasteiger partial charge in [-0.15, -0.1) is 0 Å². The molecule has 1 aliphatic rings. The number of carbonyl (C=O) groups is 1. The number of nitrogens with zero attached hydrogens (tertiary/aromatic N) is 6. The number of aromatic nitrogens is 4. The van der Waals surface area contributed by atoms with Crippen LogP contribution in [0.3, 0.4) is 0 Å². The minimum absolute atomic E-state index is 0.00163.